The highest BCUT2D eigenvalue weighted by Crippen LogP contribution is 2.48. The second-order valence-corrected chi connectivity index (χ2v) is 5.79. The number of hydrogen-bond donors (Lipinski definition) is 1. The Kier molecular flexibility index (Phi) is 3.93. The third-order valence-corrected chi connectivity index (χ3v) is 4.11. The standard InChI is InChI=1S/C13H9Cl2FN4S/c1-6(10-3-2-7(16)5-17-10)18-11-8(14)4-9(15)12-13(11)20-21-19-12/h2-6,18H,1H3. The van der Waals surface area contributed by atoms with E-state index in [0.717, 1.165) is 11.4 Å². The van der Waals surface area contributed by atoms with Crippen molar-refractivity contribution in [1.29, 1.82) is 0 Å². The van der Waals surface area contributed by atoms with Gasteiger partial charge in [-0.25, -0.2) is 4.39 Å². The summed E-state index contributed by atoms with van der Waals surface area (Å²) in [4.78, 5) is 4.05. The predicted molar refractivity (Wildman–Crippen MR) is 84.2 cm³/mol. The summed E-state index contributed by atoms with van der Waals surface area (Å²) in [5.41, 5.74) is 2.56. The van der Waals surface area contributed by atoms with Gasteiger partial charge in [0.05, 0.1) is 45.0 Å². The third-order valence-electron chi connectivity index (χ3n) is 3.00. The van der Waals surface area contributed by atoms with Crippen LogP contribution in [0.2, 0.25) is 10.0 Å². The lowest BCUT2D eigenvalue weighted by Crippen LogP contribution is -2.09. The Hall–Kier alpha value is -1.50. The maximum absolute atomic E-state index is 12.9. The molecule has 0 spiro atoms. The summed E-state index contributed by atoms with van der Waals surface area (Å²) in [6, 6.07) is 4.44. The first-order valence-corrected chi connectivity index (χ1v) is 7.53. The van der Waals surface area contributed by atoms with Crippen LogP contribution in [0.3, 0.4) is 0 Å². The minimum atomic E-state index is -0.374. The van der Waals surface area contributed by atoms with Gasteiger partial charge in [-0.05, 0) is 25.1 Å². The molecule has 0 bridgehead atoms. The SMILES string of the molecule is CC(Nc1c(Cl)cc(Cl)c2c1N=S=N2)c1ccc(F)cn1. The summed E-state index contributed by atoms with van der Waals surface area (Å²) in [5, 5.41) is 4.14. The molecule has 0 radical (unpaired) electrons. The van der Waals surface area contributed by atoms with Crippen LogP contribution >= 0.6 is 23.2 Å². The fourth-order valence-corrected chi connectivity index (χ4v) is 3.11. The van der Waals surface area contributed by atoms with E-state index in [-0.39, 0.29) is 11.9 Å². The van der Waals surface area contributed by atoms with Gasteiger partial charge in [-0.2, -0.15) is 8.73 Å². The second kappa shape index (κ2) is 5.71. The first-order valence-electron chi connectivity index (χ1n) is 6.04. The molecule has 1 aliphatic rings. The number of rotatable bonds is 3. The highest BCUT2D eigenvalue weighted by Gasteiger charge is 2.20. The maximum Gasteiger partial charge on any atom is 0.141 e. The summed E-state index contributed by atoms with van der Waals surface area (Å²) in [7, 11) is 0. The molecule has 1 aliphatic heterocycles. The van der Waals surface area contributed by atoms with E-state index in [4.69, 9.17) is 23.2 Å². The molecule has 0 aliphatic carbocycles. The maximum atomic E-state index is 12.9. The molecular formula is C13H9Cl2FN4S. The van der Waals surface area contributed by atoms with Crippen LogP contribution in [0.15, 0.2) is 33.1 Å². The van der Waals surface area contributed by atoms with Gasteiger partial charge in [-0.3, -0.25) is 4.98 Å². The first kappa shape index (κ1) is 14.4. The molecule has 3 rings (SSSR count). The summed E-state index contributed by atoms with van der Waals surface area (Å²) in [5.74, 6) is -0.374. The molecule has 1 aromatic carbocycles. The van der Waals surface area contributed by atoms with Crippen molar-refractivity contribution in [3.8, 4) is 0 Å². The van der Waals surface area contributed by atoms with Crippen LogP contribution in [0.1, 0.15) is 18.7 Å². The number of halogens is 3. The quantitative estimate of drug-likeness (QED) is 0.690. The number of hydrogen-bond acceptors (Lipinski definition) is 4. The van der Waals surface area contributed by atoms with Crippen LogP contribution in [0.4, 0.5) is 21.5 Å². The second-order valence-electron chi connectivity index (χ2n) is 4.44. The summed E-state index contributed by atoms with van der Waals surface area (Å²) >= 11 is 13.4. The average Bonchev–Trinajstić information content (AvgIpc) is 2.93. The van der Waals surface area contributed by atoms with Crippen molar-refractivity contribution in [2.45, 2.75) is 13.0 Å². The van der Waals surface area contributed by atoms with Crippen molar-refractivity contribution in [2.24, 2.45) is 8.73 Å². The van der Waals surface area contributed by atoms with Crippen molar-refractivity contribution in [3.05, 3.63) is 46.0 Å². The van der Waals surface area contributed by atoms with E-state index in [9.17, 15) is 4.39 Å². The molecule has 0 saturated heterocycles. The van der Waals surface area contributed by atoms with Gasteiger partial charge >= 0.3 is 0 Å². The van der Waals surface area contributed by atoms with Gasteiger partial charge in [0.2, 0.25) is 0 Å². The van der Waals surface area contributed by atoms with Gasteiger partial charge in [-0.15, -0.1) is 0 Å². The van der Waals surface area contributed by atoms with Gasteiger partial charge in [0.25, 0.3) is 0 Å². The third kappa shape index (κ3) is 2.79. The highest BCUT2D eigenvalue weighted by molar-refractivity contribution is 7.58. The van der Waals surface area contributed by atoms with Gasteiger partial charge in [0, 0.05) is 0 Å². The molecule has 0 saturated carbocycles. The van der Waals surface area contributed by atoms with Crippen LogP contribution in [0.5, 0.6) is 0 Å². The Morgan fingerprint density at radius 1 is 1.19 bits per heavy atom. The smallest absolute Gasteiger partial charge is 0.141 e. The lowest BCUT2D eigenvalue weighted by atomic mass is 10.1. The van der Waals surface area contributed by atoms with Crippen molar-refractivity contribution < 1.29 is 4.39 Å². The summed E-state index contributed by atoms with van der Waals surface area (Å²) in [6.07, 6.45) is 1.18. The lowest BCUT2D eigenvalue weighted by molar-refractivity contribution is 0.617. The van der Waals surface area contributed by atoms with Crippen LogP contribution in [-0.4, -0.2) is 4.98 Å². The lowest BCUT2D eigenvalue weighted by Gasteiger charge is -2.17. The number of anilines is 1. The largest absolute Gasteiger partial charge is 0.374 e. The Labute approximate surface area is 134 Å². The van der Waals surface area contributed by atoms with Gasteiger partial charge in [0.15, 0.2) is 0 Å². The van der Waals surface area contributed by atoms with E-state index in [0.29, 0.717) is 32.8 Å². The molecule has 0 amide bonds. The number of aromatic nitrogens is 1. The number of nitrogens with zero attached hydrogens (tertiary/aromatic N) is 3. The van der Waals surface area contributed by atoms with E-state index in [1.807, 2.05) is 6.92 Å². The van der Waals surface area contributed by atoms with Crippen molar-refractivity contribution in [3.63, 3.8) is 0 Å². The monoisotopic (exact) mass is 342 g/mol. The summed E-state index contributed by atoms with van der Waals surface area (Å²) in [6.45, 7) is 1.90. The number of pyridine rings is 1. The zero-order chi connectivity index (χ0) is 15.0. The van der Waals surface area contributed by atoms with E-state index in [1.54, 1.807) is 12.1 Å². The first-order chi connectivity index (χ1) is 10.1. The van der Waals surface area contributed by atoms with Crippen LogP contribution in [0, 0.1) is 5.82 Å². The van der Waals surface area contributed by atoms with E-state index in [2.05, 4.69) is 19.0 Å². The van der Waals surface area contributed by atoms with Crippen molar-refractivity contribution >= 4 is 51.6 Å². The predicted octanol–water partition coefficient (Wildman–Crippen LogP) is 5.43. The molecule has 1 atom stereocenters. The van der Waals surface area contributed by atoms with Crippen LogP contribution in [-0.2, 0) is 11.4 Å². The number of fused-ring (bicyclic) bond motifs is 1. The number of benzene rings is 1. The Morgan fingerprint density at radius 3 is 2.67 bits per heavy atom. The molecule has 21 heavy (non-hydrogen) atoms. The molecule has 2 aromatic rings. The molecule has 4 nitrogen and oxygen atoms in total. The zero-order valence-corrected chi connectivity index (χ0v) is 13.1. The molecular weight excluding hydrogens is 334 g/mol. The average molecular weight is 343 g/mol. The zero-order valence-electron chi connectivity index (χ0n) is 10.8. The topological polar surface area (TPSA) is 49.6 Å². The van der Waals surface area contributed by atoms with Gasteiger partial charge < -0.3 is 5.32 Å². The molecule has 1 unspecified atom stereocenters. The molecule has 0 fully saturated rings. The highest BCUT2D eigenvalue weighted by atomic mass is 35.5. The Morgan fingerprint density at radius 2 is 1.95 bits per heavy atom. The molecule has 1 aromatic heterocycles. The van der Waals surface area contributed by atoms with Crippen LogP contribution in [0.25, 0.3) is 0 Å². The minimum Gasteiger partial charge on any atom is -0.374 e. The summed E-state index contributed by atoms with van der Waals surface area (Å²) < 4.78 is 21.3. The molecule has 108 valence electrons. The van der Waals surface area contributed by atoms with Crippen molar-refractivity contribution in [1.82, 2.24) is 4.98 Å². The van der Waals surface area contributed by atoms with Crippen molar-refractivity contribution in [2.75, 3.05) is 5.32 Å². The van der Waals surface area contributed by atoms with Crippen LogP contribution < -0.4 is 5.32 Å². The fraction of sp³-hybridized carbons (Fsp3) is 0.154. The molecule has 8 heteroatoms. The minimum absolute atomic E-state index is 0.172. The van der Waals surface area contributed by atoms with Gasteiger partial charge in [-0.1, -0.05) is 23.2 Å². The van der Waals surface area contributed by atoms with E-state index in [1.165, 1.54) is 12.3 Å². The number of nitrogens with one attached hydrogen (secondary N) is 1. The molecule has 1 N–H and O–H groups in total. The van der Waals surface area contributed by atoms with E-state index < -0.39 is 0 Å². The molecule has 2 heterocycles. The Bertz CT molecular complexity index is 773. The van der Waals surface area contributed by atoms with E-state index >= 15 is 0 Å². The Balaban J connectivity index is 1.94. The van der Waals surface area contributed by atoms with Gasteiger partial charge in [0.1, 0.15) is 17.2 Å². The normalized spacial score (nSPS) is 13.7. The fourth-order valence-electron chi connectivity index (χ4n) is 1.95.